The molecule has 3 N–H and O–H groups in total. The molecule has 1 unspecified atom stereocenters. The molecule has 0 spiro atoms. The molecule has 1 saturated heterocycles. The first-order valence-corrected chi connectivity index (χ1v) is 5.12. The van der Waals surface area contributed by atoms with Gasteiger partial charge < -0.3 is 10.6 Å². The minimum absolute atomic E-state index is 0.118. The van der Waals surface area contributed by atoms with Crippen molar-refractivity contribution in [2.45, 2.75) is 25.8 Å². The lowest BCUT2D eigenvalue weighted by Crippen LogP contribution is -2.40. The molecule has 1 aliphatic rings. The number of aromatic amines is 1. The number of carbonyl (C=O) groups is 1. The minimum Gasteiger partial charge on any atom is -0.332 e. The molecule has 0 bridgehead atoms. The molecule has 6 heteroatoms. The predicted octanol–water partition coefficient (Wildman–Crippen LogP) is -0.324. The van der Waals surface area contributed by atoms with Crippen molar-refractivity contribution < 1.29 is 4.79 Å². The first kappa shape index (κ1) is 10.1. The second-order valence-corrected chi connectivity index (χ2v) is 3.77. The Kier molecular flexibility index (Phi) is 2.68. The Morgan fingerprint density at radius 1 is 1.73 bits per heavy atom. The SMILES string of the molecule is Cc1nc(C(=O)N2CCCC2CN)n[nH]1. The van der Waals surface area contributed by atoms with E-state index in [2.05, 4.69) is 15.2 Å². The fourth-order valence-corrected chi connectivity index (χ4v) is 1.91. The van der Waals surface area contributed by atoms with Gasteiger partial charge in [0, 0.05) is 19.1 Å². The molecule has 1 fully saturated rings. The van der Waals surface area contributed by atoms with E-state index in [9.17, 15) is 4.79 Å². The third-order valence-corrected chi connectivity index (χ3v) is 2.70. The van der Waals surface area contributed by atoms with Gasteiger partial charge in [-0.1, -0.05) is 0 Å². The van der Waals surface area contributed by atoms with Crippen LogP contribution in [0.3, 0.4) is 0 Å². The lowest BCUT2D eigenvalue weighted by atomic mass is 10.2. The van der Waals surface area contributed by atoms with Crippen molar-refractivity contribution in [1.82, 2.24) is 20.1 Å². The second-order valence-electron chi connectivity index (χ2n) is 3.77. The zero-order chi connectivity index (χ0) is 10.8. The fourth-order valence-electron chi connectivity index (χ4n) is 1.91. The molecule has 1 atom stereocenters. The highest BCUT2D eigenvalue weighted by Crippen LogP contribution is 2.17. The van der Waals surface area contributed by atoms with Crippen LogP contribution in [0.2, 0.25) is 0 Å². The minimum atomic E-state index is -0.118. The Labute approximate surface area is 87.9 Å². The number of amides is 1. The van der Waals surface area contributed by atoms with Crippen LogP contribution in [0.4, 0.5) is 0 Å². The highest BCUT2D eigenvalue weighted by Gasteiger charge is 2.30. The highest BCUT2D eigenvalue weighted by atomic mass is 16.2. The van der Waals surface area contributed by atoms with Gasteiger partial charge >= 0.3 is 0 Å². The summed E-state index contributed by atoms with van der Waals surface area (Å²) in [5.74, 6) is 0.780. The summed E-state index contributed by atoms with van der Waals surface area (Å²) in [5.41, 5.74) is 5.60. The molecule has 1 aromatic rings. The first-order valence-electron chi connectivity index (χ1n) is 5.12. The number of hydrogen-bond donors (Lipinski definition) is 2. The van der Waals surface area contributed by atoms with Crippen LogP contribution in [0.1, 0.15) is 29.3 Å². The van der Waals surface area contributed by atoms with Gasteiger partial charge in [-0.25, -0.2) is 4.98 Å². The van der Waals surface area contributed by atoms with Crippen LogP contribution in [0.5, 0.6) is 0 Å². The molecule has 2 heterocycles. The van der Waals surface area contributed by atoms with Gasteiger partial charge in [0.15, 0.2) is 0 Å². The molecule has 1 amide bonds. The van der Waals surface area contributed by atoms with E-state index < -0.39 is 0 Å². The molecular weight excluding hydrogens is 194 g/mol. The van der Waals surface area contributed by atoms with Crippen LogP contribution in [0.25, 0.3) is 0 Å². The Hall–Kier alpha value is -1.43. The number of hydrogen-bond acceptors (Lipinski definition) is 4. The molecule has 2 rings (SSSR count). The van der Waals surface area contributed by atoms with Crippen molar-refractivity contribution in [2.24, 2.45) is 5.73 Å². The largest absolute Gasteiger partial charge is 0.332 e. The Bertz CT molecular complexity index is 361. The first-order chi connectivity index (χ1) is 7.22. The van der Waals surface area contributed by atoms with Crippen LogP contribution < -0.4 is 5.73 Å². The monoisotopic (exact) mass is 209 g/mol. The maximum Gasteiger partial charge on any atom is 0.293 e. The standard InChI is InChI=1S/C9H15N5O/c1-6-11-8(13-12-6)9(15)14-4-2-3-7(14)5-10/h7H,2-5,10H2,1H3,(H,11,12,13). The quantitative estimate of drug-likeness (QED) is 0.698. The number of nitrogens with zero attached hydrogens (tertiary/aromatic N) is 3. The van der Waals surface area contributed by atoms with Crippen LogP contribution >= 0.6 is 0 Å². The number of H-pyrrole nitrogens is 1. The molecule has 1 aromatic heterocycles. The van der Waals surface area contributed by atoms with Gasteiger partial charge in [0.05, 0.1) is 0 Å². The average Bonchev–Trinajstić information content (AvgIpc) is 2.84. The maximum atomic E-state index is 12.0. The summed E-state index contributed by atoms with van der Waals surface area (Å²) in [5, 5.41) is 6.53. The van der Waals surface area contributed by atoms with Crippen molar-refractivity contribution in [3.8, 4) is 0 Å². The number of rotatable bonds is 2. The van der Waals surface area contributed by atoms with E-state index in [4.69, 9.17) is 5.73 Å². The van der Waals surface area contributed by atoms with Gasteiger partial charge in [0.1, 0.15) is 5.82 Å². The van der Waals surface area contributed by atoms with Crippen molar-refractivity contribution in [2.75, 3.05) is 13.1 Å². The van der Waals surface area contributed by atoms with E-state index in [0.717, 1.165) is 19.4 Å². The molecule has 82 valence electrons. The van der Waals surface area contributed by atoms with E-state index in [1.165, 1.54) is 0 Å². The Morgan fingerprint density at radius 2 is 2.53 bits per heavy atom. The van der Waals surface area contributed by atoms with Crippen LogP contribution in [0, 0.1) is 6.92 Å². The van der Waals surface area contributed by atoms with Gasteiger partial charge in [0.2, 0.25) is 5.82 Å². The fraction of sp³-hybridized carbons (Fsp3) is 0.667. The van der Waals surface area contributed by atoms with Crippen molar-refractivity contribution >= 4 is 5.91 Å². The molecule has 1 aliphatic heterocycles. The van der Waals surface area contributed by atoms with E-state index in [1.807, 2.05) is 0 Å². The zero-order valence-corrected chi connectivity index (χ0v) is 8.73. The number of nitrogens with two attached hydrogens (primary N) is 1. The summed E-state index contributed by atoms with van der Waals surface area (Å²) in [7, 11) is 0. The Balaban J connectivity index is 2.13. The number of aromatic nitrogens is 3. The number of carbonyl (C=O) groups excluding carboxylic acids is 1. The smallest absolute Gasteiger partial charge is 0.293 e. The average molecular weight is 209 g/mol. The summed E-state index contributed by atoms with van der Waals surface area (Å²) in [6.45, 7) is 3.04. The molecule has 0 saturated carbocycles. The number of likely N-dealkylation sites (tertiary alicyclic amines) is 1. The third-order valence-electron chi connectivity index (χ3n) is 2.70. The van der Waals surface area contributed by atoms with Gasteiger partial charge in [-0.3, -0.25) is 9.89 Å². The van der Waals surface area contributed by atoms with Gasteiger partial charge in [0.25, 0.3) is 5.91 Å². The van der Waals surface area contributed by atoms with Crippen LogP contribution in [-0.2, 0) is 0 Å². The molecule has 15 heavy (non-hydrogen) atoms. The van der Waals surface area contributed by atoms with E-state index in [-0.39, 0.29) is 17.8 Å². The summed E-state index contributed by atoms with van der Waals surface area (Å²) in [6, 6.07) is 0.149. The van der Waals surface area contributed by atoms with Gasteiger partial charge in [-0.05, 0) is 19.8 Å². The molecule has 0 radical (unpaired) electrons. The molecule has 6 nitrogen and oxygen atoms in total. The predicted molar refractivity (Wildman–Crippen MR) is 54.2 cm³/mol. The molecular formula is C9H15N5O. The van der Waals surface area contributed by atoms with E-state index in [0.29, 0.717) is 12.4 Å². The van der Waals surface area contributed by atoms with Crippen LogP contribution in [0.15, 0.2) is 0 Å². The summed E-state index contributed by atoms with van der Waals surface area (Å²) in [6.07, 6.45) is 1.99. The highest BCUT2D eigenvalue weighted by molar-refractivity contribution is 5.90. The van der Waals surface area contributed by atoms with Gasteiger partial charge in [-0.15, -0.1) is 5.10 Å². The second kappa shape index (κ2) is 3.98. The lowest BCUT2D eigenvalue weighted by Gasteiger charge is -2.21. The Morgan fingerprint density at radius 3 is 3.13 bits per heavy atom. The van der Waals surface area contributed by atoms with Crippen molar-refractivity contribution in [3.63, 3.8) is 0 Å². The van der Waals surface area contributed by atoms with E-state index in [1.54, 1.807) is 11.8 Å². The third kappa shape index (κ3) is 1.85. The van der Waals surface area contributed by atoms with Crippen molar-refractivity contribution in [1.29, 1.82) is 0 Å². The summed E-state index contributed by atoms with van der Waals surface area (Å²) < 4.78 is 0. The lowest BCUT2D eigenvalue weighted by molar-refractivity contribution is 0.0729. The van der Waals surface area contributed by atoms with Gasteiger partial charge in [-0.2, -0.15) is 0 Å². The van der Waals surface area contributed by atoms with Crippen LogP contribution in [-0.4, -0.2) is 45.1 Å². The maximum absolute atomic E-state index is 12.0. The molecule has 0 aromatic carbocycles. The van der Waals surface area contributed by atoms with Crippen molar-refractivity contribution in [3.05, 3.63) is 11.6 Å². The topological polar surface area (TPSA) is 87.9 Å². The number of nitrogens with one attached hydrogen (secondary N) is 1. The molecule has 0 aliphatic carbocycles. The summed E-state index contributed by atoms with van der Waals surface area (Å²) >= 11 is 0. The summed E-state index contributed by atoms with van der Waals surface area (Å²) in [4.78, 5) is 17.7. The number of aryl methyl sites for hydroxylation is 1. The zero-order valence-electron chi connectivity index (χ0n) is 8.73. The normalized spacial score (nSPS) is 20.9. The van der Waals surface area contributed by atoms with E-state index >= 15 is 0 Å².